The lowest BCUT2D eigenvalue weighted by atomic mass is 9.88. The zero-order valence-corrected chi connectivity index (χ0v) is 19.2. The van der Waals surface area contributed by atoms with Crippen LogP contribution in [-0.4, -0.2) is 49.7 Å². The van der Waals surface area contributed by atoms with Gasteiger partial charge in [-0.25, -0.2) is 8.42 Å². The fourth-order valence-electron chi connectivity index (χ4n) is 4.07. The minimum Gasteiger partial charge on any atom is -0.340 e. The predicted octanol–water partition coefficient (Wildman–Crippen LogP) is 4.40. The number of carbonyl (C=O) groups excluding carboxylic acids is 1. The van der Waals surface area contributed by atoms with Gasteiger partial charge in [0.1, 0.15) is 4.90 Å². The summed E-state index contributed by atoms with van der Waals surface area (Å²) in [5.74, 6) is -0.0210. The van der Waals surface area contributed by atoms with Gasteiger partial charge in [-0.2, -0.15) is 4.31 Å². The van der Waals surface area contributed by atoms with Gasteiger partial charge in [0.2, 0.25) is 15.9 Å². The predicted molar refractivity (Wildman–Crippen MR) is 126 cm³/mol. The number of halogens is 1. The summed E-state index contributed by atoms with van der Waals surface area (Å²) in [5.41, 5.74) is 2.18. The van der Waals surface area contributed by atoms with E-state index in [9.17, 15) is 13.2 Å². The lowest BCUT2D eigenvalue weighted by Gasteiger charge is -2.35. The topological polar surface area (TPSA) is 57.7 Å². The Labute approximate surface area is 194 Å². The van der Waals surface area contributed by atoms with Gasteiger partial charge in [-0.1, -0.05) is 84.4 Å². The van der Waals surface area contributed by atoms with Gasteiger partial charge in [0.15, 0.2) is 0 Å². The van der Waals surface area contributed by atoms with E-state index < -0.39 is 10.0 Å². The Balaban J connectivity index is 1.45. The van der Waals surface area contributed by atoms with Crippen LogP contribution in [0.3, 0.4) is 0 Å². The summed E-state index contributed by atoms with van der Waals surface area (Å²) < 4.78 is 27.3. The maximum absolute atomic E-state index is 13.2. The molecule has 1 aliphatic rings. The lowest BCUT2D eigenvalue weighted by molar-refractivity contribution is -0.132. The first-order valence-corrected chi connectivity index (χ1v) is 12.4. The highest BCUT2D eigenvalue weighted by atomic mass is 35.5. The second-order valence-electron chi connectivity index (χ2n) is 7.79. The highest BCUT2D eigenvalue weighted by Gasteiger charge is 2.32. The van der Waals surface area contributed by atoms with E-state index in [1.54, 1.807) is 23.1 Å². The molecule has 1 amide bonds. The Bertz CT molecular complexity index is 1120. The average Bonchev–Trinajstić information content (AvgIpc) is 2.84. The Morgan fingerprint density at radius 3 is 1.81 bits per heavy atom. The molecule has 0 radical (unpaired) electrons. The molecule has 166 valence electrons. The monoisotopic (exact) mass is 468 g/mol. The summed E-state index contributed by atoms with van der Waals surface area (Å²) in [7, 11) is -3.69. The van der Waals surface area contributed by atoms with E-state index in [2.05, 4.69) is 0 Å². The van der Waals surface area contributed by atoms with Crippen LogP contribution in [0.15, 0.2) is 89.8 Å². The normalized spacial score (nSPS) is 15.1. The largest absolute Gasteiger partial charge is 0.340 e. The number of sulfonamides is 1. The number of rotatable bonds is 6. The molecule has 0 bridgehead atoms. The Hall–Kier alpha value is -2.67. The van der Waals surface area contributed by atoms with Crippen molar-refractivity contribution in [3.63, 3.8) is 0 Å². The molecule has 5 nitrogen and oxygen atoms in total. The van der Waals surface area contributed by atoms with Crippen molar-refractivity contribution in [1.29, 1.82) is 0 Å². The first-order chi connectivity index (χ1) is 15.5. The first kappa shape index (κ1) is 22.5. The van der Waals surface area contributed by atoms with Crippen molar-refractivity contribution >= 4 is 27.5 Å². The molecule has 3 aromatic carbocycles. The molecular weight excluding hydrogens is 444 g/mol. The second kappa shape index (κ2) is 9.86. The number of hydrogen-bond donors (Lipinski definition) is 0. The maximum Gasteiger partial charge on any atom is 0.244 e. The molecule has 7 heteroatoms. The van der Waals surface area contributed by atoms with E-state index in [1.165, 1.54) is 10.4 Å². The van der Waals surface area contributed by atoms with Gasteiger partial charge in [0.25, 0.3) is 0 Å². The van der Waals surface area contributed by atoms with Crippen molar-refractivity contribution in [3.05, 3.63) is 101 Å². The standard InChI is InChI=1S/C25H25ClN2O3S/c26-23-13-7-8-14-24(23)32(30,31)28-17-15-27(16-18-28)25(29)19-22(20-9-3-1-4-10-20)21-11-5-2-6-12-21/h1-14,22H,15-19H2. The Morgan fingerprint density at radius 1 is 0.781 bits per heavy atom. The van der Waals surface area contributed by atoms with Gasteiger partial charge < -0.3 is 4.90 Å². The number of piperazine rings is 1. The van der Waals surface area contributed by atoms with Crippen LogP contribution in [0.1, 0.15) is 23.5 Å². The van der Waals surface area contributed by atoms with Gasteiger partial charge in [-0.3, -0.25) is 4.79 Å². The molecule has 0 spiro atoms. The van der Waals surface area contributed by atoms with Gasteiger partial charge >= 0.3 is 0 Å². The van der Waals surface area contributed by atoms with Crippen molar-refractivity contribution < 1.29 is 13.2 Å². The maximum atomic E-state index is 13.2. The number of hydrogen-bond acceptors (Lipinski definition) is 3. The van der Waals surface area contributed by atoms with Crippen LogP contribution in [0.25, 0.3) is 0 Å². The van der Waals surface area contributed by atoms with Crippen LogP contribution in [0.2, 0.25) is 5.02 Å². The number of carbonyl (C=O) groups is 1. The number of nitrogens with zero attached hydrogens (tertiary/aromatic N) is 2. The number of amides is 1. The zero-order valence-electron chi connectivity index (χ0n) is 17.6. The average molecular weight is 469 g/mol. The molecular formula is C25H25ClN2O3S. The summed E-state index contributed by atoms with van der Waals surface area (Å²) in [4.78, 5) is 15.0. The van der Waals surface area contributed by atoms with Crippen LogP contribution >= 0.6 is 11.6 Å². The quantitative estimate of drug-likeness (QED) is 0.539. The van der Waals surface area contributed by atoms with E-state index in [0.717, 1.165) is 11.1 Å². The van der Waals surface area contributed by atoms with Gasteiger partial charge in [0, 0.05) is 38.5 Å². The fourth-order valence-corrected chi connectivity index (χ4v) is 5.99. The van der Waals surface area contributed by atoms with Crippen molar-refractivity contribution in [2.24, 2.45) is 0 Å². The molecule has 1 aliphatic heterocycles. The van der Waals surface area contributed by atoms with Crippen molar-refractivity contribution in [2.45, 2.75) is 17.2 Å². The third-order valence-corrected chi connectivity index (χ3v) is 8.23. The molecule has 4 rings (SSSR count). The Morgan fingerprint density at radius 2 is 1.28 bits per heavy atom. The third-order valence-electron chi connectivity index (χ3n) is 5.83. The summed E-state index contributed by atoms with van der Waals surface area (Å²) >= 11 is 6.11. The van der Waals surface area contributed by atoms with Crippen LogP contribution in [0.4, 0.5) is 0 Å². The molecule has 1 heterocycles. The van der Waals surface area contributed by atoms with Crippen LogP contribution in [0, 0.1) is 0 Å². The molecule has 0 saturated carbocycles. The minimum atomic E-state index is -3.69. The van der Waals surface area contributed by atoms with Crippen LogP contribution in [-0.2, 0) is 14.8 Å². The molecule has 1 fully saturated rings. The van der Waals surface area contributed by atoms with Crippen molar-refractivity contribution in [1.82, 2.24) is 9.21 Å². The summed E-state index contributed by atoms with van der Waals surface area (Å²) in [6.07, 6.45) is 0.339. The van der Waals surface area contributed by atoms with Crippen molar-refractivity contribution in [3.8, 4) is 0 Å². The smallest absolute Gasteiger partial charge is 0.244 e. The molecule has 0 atom stereocenters. The molecule has 0 aromatic heterocycles. The van der Waals surface area contributed by atoms with Gasteiger partial charge in [0.05, 0.1) is 5.02 Å². The highest BCUT2D eigenvalue weighted by Crippen LogP contribution is 2.29. The molecule has 0 aliphatic carbocycles. The Kier molecular flexibility index (Phi) is 6.94. The summed E-state index contributed by atoms with van der Waals surface area (Å²) in [6.45, 7) is 1.22. The fraction of sp³-hybridized carbons (Fsp3) is 0.240. The van der Waals surface area contributed by atoms with Gasteiger partial charge in [-0.05, 0) is 23.3 Å². The SMILES string of the molecule is O=C(CC(c1ccccc1)c1ccccc1)N1CCN(S(=O)(=O)c2ccccc2Cl)CC1. The molecule has 3 aromatic rings. The first-order valence-electron chi connectivity index (χ1n) is 10.6. The third kappa shape index (κ3) is 4.88. The molecule has 0 unspecified atom stereocenters. The van der Waals surface area contributed by atoms with Crippen LogP contribution < -0.4 is 0 Å². The van der Waals surface area contributed by atoms with E-state index >= 15 is 0 Å². The van der Waals surface area contributed by atoms with Crippen LogP contribution in [0.5, 0.6) is 0 Å². The highest BCUT2D eigenvalue weighted by molar-refractivity contribution is 7.89. The summed E-state index contributed by atoms with van der Waals surface area (Å²) in [6, 6.07) is 26.5. The molecule has 1 saturated heterocycles. The lowest BCUT2D eigenvalue weighted by Crippen LogP contribution is -2.50. The van der Waals surface area contributed by atoms with Crippen molar-refractivity contribution in [2.75, 3.05) is 26.2 Å². The van der Waals surface area contributed by atoms with E-state index in [-0.39, 0.29) is 34.8 Å². The minimum absolute atomic E-state index is 0.0255. The number of benzene rings is 3. The van der Waals surface area contributed by atoms with Gasteiger partial charge in [-0.15, -0.1) is 0 Å². The van der Waals surface area contributed by atoms with E-state index in [4.69, 9.17) is 11.6 Å². The zero-order chi connectivity index (χ0) is 22.6. The van der Waals surface area contributed by atoms with E-state index in [1.807, 2.05) is 60.7 Å². The molecule has 0 N–H and O–H groups in total. The summed E-state index contributed by atoms with van der Waals surface area (Å²) in [5, 5.41) is 0.208. The molecule has 32 heavy (non-hydrogen) atoms. The van der Waals surface area contributed by atoms with E-state index in [0.29, 0.717) is 19.5 Å². The second-order valence-corrected chi connectivity index (χ2v) is 10.1.